The average molecular weight is 489 g/mol. The van der Waals surface area contributed by atoms with Crippen molar-refractivity contribution in [2.24, 2.45) is 0 Å². The molecule has 11 heteroatoms. The van der Waals surface area contributed by atoms with Gasteiger partial charge in [-0.15, -0.1) is 5.10 Å². The molecule has 2 aromatic carbocycles. The van der Waals surface area contributed by atoms with E-state index < -0.39 is 12.2 Å². The molecule has 0 aliphatic carbocycles. The predicted molar refractivity (Wildman–Crippen MR) is 125 cm³/mol. The summed E-state index contributed by atoms with van der Waals surface area (Å²) in [7, 11) is 3.14. The quantitative estimate of drug-likeness (QED) is 0.511. The number of carbonyl (C=O) groups excluding carboxylic acids is 1. The molecule has 8 nitrogen and oxygen atoms in total. The Morgan fingerprint density at radius 2 is 1.60 bits per heavy atom. The molecule has 3 aromatic rings. The minimum absolute atomic E-state index is 0.319. The molecule has 1 saturated heterocycles. The average Bonchev–Trinajstić information content (AvgIpc) is 2.83. The molecule has 0 bridgehead atoms. The van der Waals surface area contributed by atoms with E-state index in [4.69, 9.17) is 9.47 Å². The fourth-order valence-electron chi connectivity index (χ4n) is 4.19. The molecule has 1 amide bonds. The highest BCUT2D eigenvalue weighted by atomic mass is 19.4. The number of hydrogen-bond acceptors (Lipinski definition) is 7. The summed E-state index contributed by atoms with van der Waals surface area (Å²) in [5.74, 6) is 0.714. The molecule has 1 aliphatic heterocycles. The van der Waals surface area contributed by atoms with Crippen LogP contribution in [0, 0.1) is 0 Å². The Morgan fingerprint density at radius 3 is 2.20 bits per heavy atom. The van der Waals surface area contributed by atoms with E-state index in [9.17, 15) is 18.0 Å². The third-order valence-corrected chi connectivity index (χ3v) is 5.88. The van der Waals surface area contributed by atoms with Crippen molar-refractivity contribution < 1.29 is 27.4 Å². The van der Waals surface area contributed by atoms with E-state index in [2.05, 4.69) is 10.2 Å². The largest absolute Gasteiger partial charge is 0.493 e. The number of nitrogens with one attached hydrogen (secondary N) is 1. The van der Waals surface area contributed by atoms with Crippen LogP contribution >= 0.6 is 0 Å². The second-order valence-corrected chi connectivity index (χ2v) is 8.19. The van der Waals surface area contributed by atoms with Crippen LogP contribution in [0.25, 0.3) is 10.8 Å². The zero-order valence-electron chi connectivity index (χ0n) is 19.4. The molecule has 2 heterocycles. The molecule has 0 saturated carbocycles. The Balaban J connectivity index is 1.59. The van der Waals surface area contributed by atoms with Crippen LogP contribution in [0.4, 0.5) is 19.0 Å². The fourth-order valence-corrected chi connectivity index (χ4v) is 4.19. The Bertz CT molecular complexity index is 1180. The molecule has 0 spiro atoms. The number of amides is 1. The predicted octanol–water partition coefficient (Wildman–Crippen LogP) is 3.00. The van der Waals surface area contributed by atoms with Crippen molar-refractivity contribution in [3.05, 3.63) is 53.7 Å². The van der Waals surface area contributed by atoms with E-state index >= 15 is 0 Å². The number of hydrogen-bond donors (Lipinski definition) is 1. The first-order valence-corrected chi connectivity index (χ1v) is 11.1. The lowest BCUT2D eigenvalue weighted by Crippen LogP contribution is -2.51. The molecule has 1 aromatic heterocycles. The van der Waals surface area contributed by atoms with Crippen LogP contribution in [0.5, 0.6) is 11.5 Å². The highest BCUT2D eigenvalue weighted by Gasteiger charge is 2.31. The molecule has 35 heavy (non-hydrogen) atoms. The Hall–Kier alpha value is -3.60. The fraction of sp³-hybridized carbons (Fsp3) is 0.375. The molecule has 0 atom stereocenters. The van der Waals surface area contributed by atoms with Crippen molar-refractivity contribution in [3.8, 4) is 11.5 Å². The molecule has 0 unspecified atom stereocenters. The number of ether oxygens (including phenoxy) is 2. The van der Waals surface area contributed by atoms with Gasteiger partial charge in [-0.25, -0.2) is 0 Å². The van der Waals surface area contributed by atoms with Crippen molar-refractivity contribution >= 4 is 22.5 Å². The van der Waals surface area contributed by atoms with Gasteiger partial charge in [-0.05, 0) is 17.7 Å². The molecule has 1 N–H and O–H groups in total. The first-order valence-electron chi connectivity index (χ1n) is 11.1. The molecule has 186 valence electrons. The van der Waals surface area contributed by atoms with E-state index in [1.807, 2.05) is 47.4 Å². The molecular formula is C24H26F3N5O3. The van der Waals surface area contributed by atoms with Gasteiger partial charge in [0.15, 0.2) is 17.3 Å². The highest BCUT2D eigenvalue weighted by molar-refractivity contribution is 5.96. The Kier molecular flexibility index (Phi) is 7.25. The van der Waals surface area contributed by atoms with Crippen LogP contribution in [-0.4, -0.2) is 74.2 Å². The van der Waals surface area contributed by atoms with Crippen LogP contribution in [0.3, 0.4) is 0 Å². The topological polar surface area (TPSA) is 79.8 Å². The van der Waals surface area contributed by atoms with Crippen molar-refractivity contribution in [3.63, 3.8) is 0 Å². The first-order chi connectivity index (χ1) is 16.8. The number of fused-ring (bicyclic) bond motifs is 1. The number of piperazine rings is 1. The van der Waals surface area contributed by atoms with Gasteiger partial charge in [0.25, 0.3) is 0 Å². The molecule has 1 aliphatic rings. The van der Waals surface area contributed by atoms with Crippen LogP contribution in [0.15, 0.2) is 42.5 Å². The summed E-state index contributed by atoms with van der Waals surface area (Å²) in [6.45, 7) is 1.47. The van der Waals surface area contributed by atoms with Crippen LogP contribution < -0.4 is 19.7 Å². The maximum atomic E-state index is 12.4. The van der Waals surface area contributed by atoms with E-state index in [0.717, 1.165) is 27.3 Å². The smallest absolute Gasteiger partial charge is 0.484 e. The lowest BCUT2D eigenvalue weighted by atomic mass is 10.0. The number of carbonyl (C=O) groups is 1. The van der Waals surface area contributed by atoms with Gasteiger partial charge in [-0.3, -0.25) is 15.0 Å². The molecular weight excluding hydrogens is 463 g/mol. The maximum absolute atomic E-state index is 12.4. The van der Waals surface area contributed by atoms with Crippen LogP contribution in [0.2, 0.25) is 0 Å². The van der Waals surface area contributed by atoms with Gasteiger partial charge < -0.3 is 14.4 Å². The van der Waals surface area contributed by atoms with Crippen molar-refractivity contribution in [1.29, 1.82) is 0 Å². The summed E-state index contributed by atoms with van der Waals surface area (Å²) in [5, 5.41) is 11.8. The van der Waals surface area contributed by atoms with Crippen LogP contribution in [0.1, 0.15) is 11.3 Å². The Labute approximate surface area is 200 Å². The third kappa shape index (κ3) is 5.91. The number of rotatable bonds is 7. The van der Waals surface area contributed by atoms with E-state index in [1.54, 1.807) is 19.1 Å². The van der Waals surface area contributed by atoms with Gasteiger partial charge in [0, 0.05) is 43.4 Å². The van der Waals surface area contributed by atoms with Gasteiger partial charge in [0.05, 0.1) is 26.5 Å². The molecule has 0 radical (unpaired) electrons. The monoisotopic (exact) mass is 489 g/mol. The number of halogens is 3. The lowest BCUT2D eigenvalue weighted by molar-refractivity contribution is -0.170. The van der Waals surface area contributed by atoms with Gasteiger partial charge >= 0.3 is 6.30 Å². The first kappa shape index (κ1) is 24.5. The maximum Gasteiger partial charge on any atom is 0.484 e. The highest BCUT2D eigenvalue weighted by Crippen LogP contribution is 2.37. The number of aromatic nitrogens is 2. The van der Waals surface area contributed by atoms with Crippen molar-refractivity contribution in [1.82, 2.24) is 20.4 Å². The second-order valence-electron chi connectivity index (χ2n) is 8.19. The third-order valence-electron chi connectivity index (χ3n) is 5.88. The summed E-state index contributed by atoms with van der Waals surface area (Å²) in [6.07, 6.45) is -4.14. The van der Waals surface area contributed by atoms with Gasteiger partial charge in [-0.1, -0.05) is 30.3 Å². The number of alkyl halides is 3. The van der Waals surface area contributed by atoms with Crippen molar-refractivity contribution in [2.45, 2.75) is 12.7 Å². The molecule has 4 rings (SSSR count). The number of anilines is 1. The summed E-state index contributed by atoms with van der Waals surface area (Å²) in [6, 6.07) is 13.7. The zero-order chi connectivity index (χ0) is 25.0. The normalized spacial score (nSPS) is 14.7. The minimum Gasteiger partial charge on any atom is -0.493 e. The summed E-state index contributed by atoms with van der Waals surface area (Å²) in [4.78, 5) is 15.3. The molecule has 1 fully saturated rings. The van der Waals surface area contributed by atoms with E-state index in [0.29, 0.717) is 49.9 Å². The summed E-state index contributed by atoms with van der Waals surface area (Å²) >= 11 is 0. The number of benzene rings is 2. The van der Waals surface area contributed by atoms with E-state index in [1.165, 1.54) is 0 Å². The summed E-state index contributed by atoms with van der Waals surface area (Å²) < 4.78 is 48.2. The minimum atomic E-state index is -4.73. The van der Waals surface area contributed by atoms with Crippen LogP contribution in [-0.2, 0) is 11.2 Å². The summed E-state index contributed by atoms with van der Waals surface area (Å²) in [5.41, 5.74) is 1.88. The number of nitrogens with zero attached hydrogens (tertiary/aromatic N) is 4. The standard InChI is InChI=1S/C24H26F3N5O3/c1-34-20-13-17-18(14-21(20)35-2)23(30-29-19(17)12-16-6-4-3-5-7-16)32-10-8-31(9-11-32)15-22(33)28-24(25,26)27/h3-7,13-14H,8-12,15H2,1-2H3,(H,28,33). The van der Waals surface area contributed by atoms with Gasteiger partial charge in [0.1, 0.15) is 0 Å². The van der Waals surface area contributed by atoms with Gasteiger partial charge in [0.2, 0.25) is 5.91 Å². The van der Waals surface area contributed by atoms with Gasteiger partial charge in [-0.2, -0.15) is 18.3 Å². The van der Waals surface area contributed by atoms with Crippen molar-refractivity contribution in [2.75, 3.05) is 51.8 Å². The van der Waals surface area contributed by atoms with E-state index in [-0.39, 0.29) is 6.54 Å². The Morgan fingerprint density at radius 1 is 0.971 bits per heavy atom. The SMILES string of the molecule is COc1cc2c(Cc3ccccc3)nnc(N3CCN(CC(=O)NC(F)(F)F)CC3)c2cc1OC. The zero-order valence-corrected chi connectivity index (χ0v) is 19.4. The second kappa shape index (κ2) is 10.3. The lowest BCUT2D eigenvalue weighted by Gasteiger charge is -2.35. The number of methoxy groups -OCH3 is 2.